The van der Waals surface area contributed by atoms with Gasteiger partial charge >= 0.3 is 0 Å². The van der Waals surface area contributed by atoms with Gasteiger partial charge in [-0.15, -0.1) is 10.2 Å². The van der Waals surface area contributed by atoms with Crippen LogP contribution in [0.4, 0.5) is 4.39 Å². The number of hydrogen-bond acceptors (Lipinski definition) is 3. The van der Waals surface area contributed by atoms with Gasteiger partial charge in [0.2, 0.25) is 0 Å². The quantitative estimate of drug-likeness (QED) is 0.567. The van der Waals surface area contributed by atoms with Crippen LogP contribution in [0.5, 0.6) is 0 Å². The molecule has 0 spiro atoms. The highest BCUT2D eigenvalue weighted by atomic mass is 19.1. The van der Waals surface area contributed by atoms with E-state index in [1.54, 1.807) is 12.1 Å². The van der Waals surface area contributed by atoms with Crippen LogP contribution in [0.2, 0.25) is 0 Å². The van der Waals surface area contributed by atoms with E-state index in [1.807, 2.05) is 55.5 Å². The minimum atomic E-state index is -0.304. The number of hydrogen-bond donors (Lipinski definition) is 1. The van der Waals surface area contributed by atoms with E-state index in [2.05, 4.69) is 15.5 Å². The minimum absolute atomic E-state index is 0.242. The van der Waals surface area contributed by atoms with Crippen molar-refractivity contribution in [3.8, 4) is 11.3 Å². The van der Waals surface area contributed by atoms with Gasteiger partial charge in [-0.05, 0) is 36.8 Å². The third-order valence-electron chi connectivity index (χ3n) is 4.56. The Morgan fingerprint density at radius 1 is 0.964 bits per heavy atom. The predicted octanol–water partition coefficient (Wildman–Crippen LogP) is 4.67. The molecule has 4 rings (SSSR count). The lowest BCUT2D eigenvalue weighted by Crippen LogP contribution is -2.24. The number of nitrogens with zero attached hydrogens (tertiary/aromatic N) is 2. The van der Waals surface area contributed by atoms with Crippen LogP contribution in [0.25, 0.3) is 22.2 Å². The second kappa shape index (κ2) is 7.56. The van der Waals surface area contributed by atoms with E-state index >= 15 is 0 Å². The van der Waals surface area contributed by atoms with Crippen LogP contribution in [0.3, 0.4) is 0 Å². The molecule has 0 aliphatic heterocycles. The molecular formula is C23H18FN3O. The molecule has 138 valence electrons. The Balaban J connectivity index is 1.77. The average molecular weight is 371 g/mol. The molecule has 0 saturated carbocycles. The summed E-state index contributed by atoms with van der Waals surface area (Å²) in [4.78, 5) is 13.2. The summed E-state index contributed by atoms with van der Waals surface area (Å²) in [6.45, 7) is 2.27. The zero-order valence-corrected chi connectivity index (χ0v) is 15.3. The summed E-state index contributed by atoms with van der Waals surface area (Å²) in [6, 6.07) is 21.3. The topological polar surface area (TPSA) is 54.9 Å². The number of fused-ring (bicyclic) bond motifs is 1. The van der Waals surface area contributed by atoms with Crippen LogP contribution in [-0.2, 0) is 6.54 Å². The van der Waals surface area contributed by atoms with Crippen molar-refractivity contribution in [2.45, 2.75) is 13.5 Å². The van der Waals surface area contributed by atoms with Gasteiger partial charge in [0.1, 0.15) is 11.5 Å². The molecule has 0 bridgehead atoms. The number of rotatable bonds is 4. The molecule has 0 atom stereocenters. The van der Waals surface area contributed by atoms with E-state index in [4.69, 9.17) is 0 Å². The molecule has 1 heterocycles. The zero-order chi connectivity index (χ0) is 19.5. The Labute approximate surface area is 162 Å². The van der Waals surface area contributed by atoms with E-state index < -0.39 is 0 Å². The molecule has 4 aromatic rings. The van der Waals surface area contributed by atoms with Gasteiger partial charge < -0.3 is 5.32 Å². The molecule has 28 heavy (non-hydrogen) atoms. The van der Waals surface area contributed by atoms with Crippen molar-refractivity contribution in [1.82, 2.24) is 15.5 Å². The molecule has 0 unspecified atom stereocenters. The zero-order valence-electron chi connectivity index (χ0n) is 15.3. The van der Waals surface area contributed by atoms with E-state index in [0.29, 0.717) is 23.3 Å². The molecule has 0 aliphatic rings. The summed E-state index contributed by atoms with van der Waals surface area (Å²) >= 11 is 0. The monoisotopic (exact) mass is 371 g/mol. The first-order valence-corrected chi connectivity index (χ1v) is 8.97. The van der Waals surface area contributed by atoms with Gasteiger partial charge in [0.25, 0.3) is 5.91 Å². The molecule has 0 aliphatic carbocycles. The summed E-state index contributed by atoms with van der Waals surface area (Å²) in [6.07, 6.45) is 0. The molecule has 0 fully saturated rings. The fraction of sp³-hybridized carbons (Fsp3) is 0.0870. The third-order valence-corrected chi connectivity index (χ3v) is 4.56. The fourth-order valence-electron chi connectivity index (χ4n) is 3.12. The SMILES string of the molecule is Cc1ccc2nnc(-c3ccccc3)c(C(=O)NCc3ccc(F)cc3)c2c1. The minimum Gasteiger partial charge on any atom is -0.348 e. The molecule has 4 nitrogen and oxygen atoms in total. The lowest BCUT2D eigenvalue weighted by molar-refractivity contribution is 0.0953. The van der Waals surface area contributed by atoms with E-state index in [1.165, 1.54) is 12.1 Å². The summed E-state index contributed by atoms with van der Waals surface area (Å²) in [5, 5.41) is 12.3. The first kappa shape index (κ1) is 17.8. The molecule has 0 radical (unpaired) electrons. The fourth-order valence-corrected chi connectivity index (χ4v) is 3.12. The molecule has 0 saturated heterocycles. The standard InChI is InChI=1S/C23H18FN3O/c1-15-7-12-20-19(13-15)21(22(27-26-20)17-5-3-2-4-6-17)23(28)25-14-16-8-10-18(24)11-9-16/h2-13H,14H2,1H3,(H,25,28). The maximum atomic E-state index is 13.2. The molecule has 5 heteroatoms. The number of benzene rings is 3. The Morgan fingerprint density at radius 3 is 2.46 bits per heavy atom. The first-order valence-electron chi connectivity index (χ1n) is 8.97. The molecular weight excluding hydrogens is 353 g/mol. The Hall–Kier alpha value is -3.60. The Morgan fingerprint density at radius 2 is 1.71 bits per heavy atom. The van der Waals surface area contributed by atoms with Gasteiger partial charge in [0.05, 0.1) is 11.1 Å². The second-order valence-corrected chi connectivity index (χ2v) is 6.62. The number of amides is 1. The van der Waals surface area contributed by atoms with Gasteiger partial charge in [0, 0.05) is 17.5 Å². The summed E-state index contributed by atoms with van der Waals surface area (Å²) < 4.78 is 13.1. The lowest BCUT2D eigenvalue weighted by atomic mass is 10.00. The van der Waals surface area contributed by atoms with Gasteiger partial charge in [-0.2, -0.15) is 0 Å². The Bertz CT molecular complexity index is 1140. The summed E-state index contributed by atoms with van der Waals surface area (Å²) in [5.41, 5.74) is 4.37. The van der Waals surface area contributed by atoms with Crippen LogP contribution in [-0.4, -0.2) is 16.1 Å². The molecule has 1 N–H and O–H groups in total. The maximum absolute atomic E-state index is 13.2. The van der Waals surface area contributed by atoms with Crippen LogP contribution in [0, 0.1) is 12.7 Å². The van der Waals surface area contributed by atoms with E-state index in [0.717, 1.165) is 22.1 Å². The lowest BCUT2D eigenvalue weighted by Gasteiger charge is -2.12. The average Bonchev–Trinajstić information content (AvgIpc) is 2.73. The predicted molar refractivity (Wildman–Crippen MR) is 107 cm³/mol. The maximum Gasteiger partial charge on any atom is 0.254 e. The van der Waals surface area contributed by atoms with Crippen molar-refractivity contribution in [3.63, 3.8) is 0 Å². The number of nitrogens with one attached hydrogen (secondary N) is 1. The van der Waals surface area contributed by atoms with Crippen molar-refractivity contribution < 1.29 is 9.18 Å². The Kier molecular flexibility index (Phi) is 4.81. The van der Waals surface area contributed by atoms with Crippen molar-refractivity contribution in [2.24, 2.45) is 0 Å². The van der Waals surface area contributed by atoms with Crippen molar-refractivity contribution >= 4 is 16.8 Å². The largest absolute Gasteiger partial charge is 0.348 e. The number of carbonyl (C=O) groups excluding carboxylic acids is 1. The highest BCUT2D eigenvalue weighted by molar-refractivity contribution is 6.10. The van der Waals surface area contributed by atoms with Gasteiger partial charge in [0.15, 0.2) is 0 Å². The first-order chi connectivity index (χ1) is 13.6. The normalized spacial score (nSPS) is 10.8. The number of aryl methyl sites for hydroxylation is 1. The third kappa shape index (κ3) is 3.60. The van der Waals surface area contributed by atoms with Gasteiger partial charge in [-0.3, -0.25) is 4.79 Å². The number of carbonyl (C=O) groups is 1. The van der Waals surface area contributed by atoms with Crippen LogP contribution >= 0.6 is 0 Å². The summed E-state index contributed by atoms with van der Waals surface area (Å²) in [7, 11) is 0. The van der Waals surface area contributed by atoms with Crippen molar-refractivity contribution in [3.05, 3.63) is 95.3 Å². The van der Waals surface area contributed by atoms with E-state index in [9.17, 15) is 9.18 Å². The number of aromatic nitrogens is 2. The van der Waals surface area contributed by atoms with Crippen molar-refractivity contribution in [1.29, 1.82) is 0 Å². The second-order valence-electron chi connectivity index (χ2n) is 6.62. The smallest absolute Gasteiger partial charge is 0.254 e. The van der Waals surface area contributed by atoms with Crippen LogP contribution < -0.4 is 5.32 Å². The van der Waals surface area contributed by atoms with E-state index in [-0.39, 0.29) is 11.7 Å². The van der Waals surface area contributed by atoms with Crippen molar-refractivity contribution in [2.75, 3.05) is 0 Å². The molecule has 3 aromatic carbocycles. The summed E-state index contributed by atoms with van der Waals surface area (Å²) in [5.74, 6) is -0.546. The van der Waals surface area contributed by atoms with Crippen LogP contribution in [0.15, 0.2) is 72.8 Å². The highest BCUT2D eigenvalue weighted by Crippen LogP contribution is 2.27. The van der Waals surface area contributed by atoms with Gasteiger partial charge in [-0.25, -0.2) is 4.39 Å². The molecule has 1 amide bonds. The number of halogens is 1. The van der Waals surface area contributed by atoms with Gasteiger partial charge in [-0.1, -0.05) is 54.1 Å². The van der Waals surface area contributed by atoms with Crippen LogP contribution in [0.1, 0.15) is 21.5 Å². The highest BCUT2D eigenvalue weighted by Gasteiger charge is 2.19. The molecule has 1 aromatic heterocycles.